The van der Waals surface area contributed by atoms with Gasteiger partial charge in [0.25, 0.3) is 0 Å². The van der Waals surface area contributed by atoms with Gasteiger partial charge in [-0.3, -0.25) is 0 Å². The van der Waals surface area contributed by atoms with E-state index in [1.807, 2.05) is 6.92 Å². The molecule has 1 aliphatic carbocycles. The maximum atomic E-state index is 12.5. The summed E-state index contributed by atoms with van der Waals surface area (Å²) in [4.78, 5) is 7.36. The van der Waals surface area contributed by atoms with Gasteiger partial charge in [-0.1, -0.05) is 19.8 Å². The Labute approximate surface area is 104 Å². The summed E-state index contributed by atoms with van der Waals surface area (Å²) >= 11 is 0. The Morgan fingerprint density at radius 1 is 1.44 bits per heavy atom. The first-order valence-corrected chi connectivity index (χ1v) is 6.15. The molecular weight excluding hydrogens is 243 g/mol. The van der Waals surface area contributed by atoms with Crippen molar-refractivity contribution < 1.29 is 13.2 Å². The third-order valence-electron chi connectivity index (χ3n) is 3.09. The van der Waals surface area contributed by atoms with Gasteiger partial charge < -0.3 is 5.32 Å². The van der Waals surface area contributed by atoms with Gasteiger partial charge >= 0.3 is 6.18 Å². The smallest absolute Gasteiger partial charge is 0.351 e. The summed E-state index contributed by atoms with van der Waals surface area (Å²) in [6.45, 7) is 2.01. The molecule has 1 N–H and O–H groups in total. The molecular formula is C12H16F3N3. The standard InChI is InChI=1S/C12H16F3N3/c1-2-9(7-8-3-4-8)17-11-16-6-5-10(18-11)12(13,14)15/h5-6,8-9H,2-4,7H2,1H3,(H,16,17,18). The van der Waals surface area contributed by atoms with Gasteiger partial charge in [-0.05, 0) is 24.8 Å². The molecule has 1 aromatic rings. The minimum absolute atomic E-state index is 0.0670. The topological polar surface area (TPSA) is 37.8 Å². The van der Waals surface area contributed by atoms with E-state index in [4.69, 9.17) is 0 Å². The molecule has 0 spiro atoms. The summed E-state index contributed by atoms with van der Waals surface area (Å²) < 4.78 is 37.5. The minimum Gasteiger partial charge on any atom is -0.351 e. The summed E-state index contributed by atoms with van der Waals surface area (Å²) in [5, 5.41) is 2.99. The number of aromatic nitrogens is 2. The first-order valence-electron chi connectivity index (χ1n) is 6.15. The predicted molar refractivity (Wildman–Crippen MR) is 62.1 cm³/mol. The van der Waals surface area contributed by atoms with Crippen LogP contribution in [0.25, 0.3) is 0 Å². The van der Waals surface area contributed by atoms with E-state index in [1.54, 1.807) is 0 Å². The zero-order chi connectivity index (χ0) is 13.2. The molecule has 1 aromatic heterocycles. The fraction of sp³-hybridized carbons (Fsp3) is 0.667. The Balaban J connectivity index is 2.03. The van der Waals surface area contributed by atoms with E-state index in [0.717, 1.165) is 25.1 Å². The highest BCUT2D eigenvalue weighted by Crippen LogP contribution is 2.34. The van der Waals surface area contributed by atoms with Crippen molar-refractivity contribution in [2.45, 2.75) is 44.8 Å². The summed E-state index contributed by atoms with van der Waals surface area (Å²) in [7, 11) is 0. The number of alkyl halides is 3. The Morgan fingerprint density at radius 3 is 2.72 bits per heavy atom. The number of halogens is 3. The number of nitrogens with zero attached hydrogens (tertiary/aromatic N) is 2. The summed E-state index contributed by atoms with van der Waals surface area (Å²) in [5.74, 6) is 0.783. The molecule has 0 aliphatic heterocycles. The van der Waals surface area contributed by atoms with E-state index < -0.39 is 11.9 Å². The zero-order valence-electron chi connectivity index (χ0n) is 10.2. The molecule has 1 fully saturated rings. The molecule has 0 aromatic carbocycles. The van der Waals surface area contributed by atoms with Crippen molar-refractivity contribution in [3.63, 3.8) is 0 Å². The molecule has 2 rings (SSSR count). The second-order valence-corrected chi connectivity index (χ2v) is 4.69. The average molecular weight is 259 g/mol. The second-order valence-electron chi connectivity index (χ2n) is 4.69. The van der Waals surface area contributed by atoms with Gasteiger partial charge in [0.1, 0.15) is 5.69 Å². The van der Waals surface area contributed by atoms with Crippen LogP contribution in [-0.4, -0.2) is 16.0 Å². The van der Waals surface area contributed by atoms with E-state index in [-0.39, 0.29) is 12.0 Å². The van der Waals surface area contributed by atoms with Gasteiger partial charge in [0, 0.05) is 12.2 Å². The summed E-state index contributed by atoms with van der Waals surface area (Å²) in [5.41, 5.74) is -0.902. The van der Waals surface area contributed by atoms with E-state index >= 15 is 0 Å². The zero-order valence-corrected chi connectivity index (χ0v) is 10.2. The van der Waals surface area contributed by atoms with Gasteiger partial charge in [-0.2, -0.15) is 13.2 Å². The average Bonchev–Trinajstić information content (AvgIpc) is 3.11. The molecule has 1 saturated carbocycles. The quantitative estimate of drug-likeness (QED) is 0.879. The molecule has 100 valence electrons. The van der Waals surface area contributed by atoms with Crippen molar-refractivity contribution in [3.05, 3.63) is 18.0 Å². The number of rotatable bonds is 5. The first kappa shape index (κ1) is 13.1. The van der Waals surface area contributed by atoms with Gasteiger partial charge in [0.2, 0.25) is 5.95 Å². The Kier molecular flexibility index (Phi) is 3.73. The predicted octanol–water partition coefficient (Wildman–Crippen LogP) is 3.49. The normalized spacial score (nSPS) is 17.6. The van der Waals surface area contributed by atoms with Crippen LogP contribution in [0.15, 0.2) is 12.3 Å². The third kappa shape index (κ3) is 3.58. The van der Waals surface area contributed by atoms with E-state index in [2.05, 4.69) is 15.3 Å². The molecule has 1 unspecified atom stereocenters. The highest BCUT2D eigenvalue weighted by molar-refractivity contribution is 5.27. The lowest BCUT2D eigenvalue weighted by Gasteiger charge is -2.17. The van der Waals surface area contributed by atoms with Crippen molar-refractivity contribution in [1.82, 2.24) is 9.97 Å². The van der Waals surface area contributed by atoms with Crippen LogP contribution in [0.3, 0.4) is 0 Å². The first-order chi connectivity index (χ1) is 8.49. The Hall–Kier alpha value is -1.33. The van der Waals surface area contributed by atoms with Crippen molar-refractivity contribution >= 4 is 5.95 Å². The fourth-order valence-electron chi connectivity index (χ4n) is 1.85. The van der Waals surface area contributed by atoms with Crippen LogP contribution >= 0.6 is 0 Å². The maximum Gasteiger partial charge on any atom is 0.433 e. The van der Waals surface area contributed by atoms with E-state index in [1.165, 1.54) is 12.8 Å². The van der Waals surface area contributed by atoms with Gasteiger partial charge in [-0.15, -0.1) is 0 Å². The molecule has 1 atom stereocenters. The highest BCUT2D eigenvalue weighted by Gasteiger charge is 2.33. The second kappa shape index (κ2) is 5.12. The molecule has 0 saturated heterocycles. The van der Waals surface area contributed by atoms with Crippen molar-refractivity contribution in [2.24, 2.45) is 5.92 Å². The Morgan fingerprint density at radius 2 is 2.17 bits per heavy atom. The number of nitrogens with one attached hydrogen (secondary N) is 1. The molecule has 1 heterocycles. The monoisotopic (exact) mass is 259 g/mol. The van der Waals surface area contributed by atoms with Crippen LogP contribution in [0.4, 0.5) is 19.1 Å². The molecule has 0 amide bonds. The van der Waals surface area contributed by atoms with Gasteiger partial charge in [-0.25, -0.2) is 9.97 Å². The fourth-order valence-corrected chi connectivity index (χ4v) is 1.85. The van der Waals surface area contributed by atoms with Crippen LogP contribution in [0.5, 0.6) is 0 Å². The maximum absolute atomic E-state index is 12.5. The molecule has 1 aliphatic rings. The van der Waals surface area contributed by atoms with Crippen LogP contribution in [-0.2, 0) is 6.18 Å². The third-order valence-corrected chi connectivity index (χ3v) is 3.09. The lowest BCUT2D eigenvalue weighted by atomic mass is 10.1. The summed E-state index contributed by atoms with van der Waals surface area (Å²) in [6, 6.07) is 1.04. The largest absolute Gasteiger partial charge is 0.433 e. The molecule has 3 nitrogen and oxygen atoms in total. The Bertz CT molecular complexity index is 402. The summed E-state index contributed by atoms with van der Waals surface area (Å²) in [6.07, 6.45) is 1.01. The van der Waals surface area contributed by atoms with E-state index in [9.17, 15) is 13.2 Å². The molecule has 0 radical (unpaired) electrons. The van der Waals surface area contributed by atoms with Crippen LogP contribution in [0, 0.1) is 5.92 Å². The van der Waals surface area contributed by atoms with Crippen molar-refractivity contribution in [1.29, 1.82) is 0 Å². The lowest BCUT2D eigenvalue weighted by Crippen LogP contribution is -2.21. The minimum atomic E-state index is -4.42. The SMILES string of the molecule is CCC(CC1CC1)Nc1nccc(C(F)(F)F)n1. The van der Waals surface area contributed by atoms with Crippen LogP contribution in [0.1, 0.15) is 38.3 Å². The molecule has 18 heavy (non-hydrogen) atoms. The number of hydrogen-bond acceptors (Lipinski definition) is 3. The number of anilines is 1. The molecule has 0 bridgehead atoms. The van der Waals surface area contributed by atoms with Crippen LogP contribution in [0.2, 0.25) is 0 Å². The van der Waals surface area contributed by atoms with E-state index in [0.29, 0.717) is 5.92 Å². The van der Waals surface area contributed by atoms with Crippen molar-refractivity contribution in [3.8, 4) is 0 Å². The van der Waals surface area contributed by atoms with Gasteiger partial charge in [0.05, 0.1) is 0 Å². The highest BCUT2D eigenvalue weighted by atomic mass is 19.4. The molecule has 6 heteroatoms. The number of hydrogen-bond donors (Lipinski definition) is 1. The van der Waals surface area contributed by atoms with Gasteiger partial charge in [0.15, 0.2) is 0 Å². The van der Waals surface area contributed by atoms with Crippen molar-refractivity contribution in [2.75, 3.05) is 5.32 Å². The lowest BCUT2D eigenvalue weighted by molar-refractivity contribution is -0.141. The van der Waals surface area contributed by atoms with Crippen LogP contribution < -0.4 is 5.32 Å².